The number of methoxy groups -OCH3 is 2. The van der Waals surface area contributed by atoms with Crippen molar-refractivity contribution in [2.75, 3.05) is 27.4 Å². The SMILES string of the molecule is CCOc1cccc(OCC)c1C(=O)C1([P](=O)C(=O)c2c(OC)cccc2OC)CCCCC1. The van der Waals surface area contributed by atoms with Gasteiger partial charge in [-0.2, -0.15) is 0 Å². The first-order chi connectivity index (χ1) is 16.4. The molecule has 1 aliphatic rings. The first-order valence-electron chi connectivity index (χ1n) is 11.6. The van der Waals surface area contributed by atoms with Gasteiger partial charge < -0.3 is 18.9 Å². The Morgan fingerprint density at radius 3 is 1.71 bits per heavy atom. The van der Waals surface area contributed by atoms with Crippen LogP contribution >= 0.6 is 7.80 Å². The van der Waals surface area contributed by atoms with Gasteiger partial charge in [0.2, 0.25) is 5.52 Å². The van der Waals surface area contributed by atoms with Crippen LogP contribution in [0, 0.1) is 0 Å². The predicted octanol–water partition coefficient (Wildman–Crippen LogP) is 6.05. The van der Waals surface area contributed by atoms with E-state index < -0.39 is 18.5 Å². The molecule has 183 valence electrons. The Balaban J connectivity index is 2.15. The Labute approximate surface area is 201 Å². The lowest BCUT2D eigenvalue weighted by molar-refractivity contribution is 0.0895. The minimum Gasteiger partial charge on any atom is -0.496 e. The van der Waals surface area contributed by atoms with Crippen LogP contribution in [-0.2, 0) is 4.57 Å². The maximum absolute atomic E-state index is 14.2. The second-order valence-electron chi connectivity index (χ2n) is 8.05. The maximum atomic E-state index is 14.2. The Morgan fingerprint density at radius 1 is 0.794 bits per heavy atom. The highest BCUT2D eigenvalue weighted by atomic mass is 31.1. The lowest BCUT2D eigenvalue weighted by Crippen LogP contribution is -2.39. The van der Waals surface area contributed by atoms with E-state index in [9.17, 15) is 14.2 Å². The fraction of sp³-hybridized carbons (Fsp3) is 0.462. The molecule has 2 aromatic rings. The van der Waals surface area contributed by atoms with Crippen LogP contribution in [0.4, 0.5) is 0 Å². The summed E-state index contributed by atoms with van der Waals surface area (Å²) in [6.45, 7) is 4.37. The monoisotopic (exact) mass is 487 g/mol. The summed E-state index contributed by atoms with van der Waals surface area (Å²) in [5.41, 5.74) is -0.308. The van der Waals surface area contributed by atoms with Gasteiger partial charge in [0.05, 0.1) is 27.4 Å². The molecule has 1 radical (unpaired) electrons. The second kappa shape index (κ2) is 11.5. The van der Waals surface area contributed by atoms with Gasteiger partial charge in [0.15, 0.2) is 13.6 Å². The fourth-order valence-electron chi connectivity index (χ4n) is 4.54. The van der Waals surface area contributed by atoms with E-state index in [1.165, 1.54) is 14.2 Å². The third kappa shape index (κ3) is 4.80. The molecule has 1 fully saturated rings. The van der Waals surface area contributed by atoms with Crippen LogP contribution in [0.5, 0.6) is 23.0 Å². The van der Waals surface area contributed by atoms with E-state index in [-0.39, 0.29) is 28.4 Å². The number of carbonyl (C=O) groups excluding carboxylic acids is 2. The summed E-state index contributed by atoms with van der Waals surface area (Å²) < 4.78 is 36.4. The van der Waals surface area contributed by atoms with Crippen molar-refractivity contribution in [3.63, 3.8) is 0 Å². The Kier molecular flexibility index (Phi) is 8.67. The molecule has 34 heavy (non-hydrogen) atoms. The molecule has 8 heteroatoms. The van der Waals surface area contributed by atoms with Crippen molar-refractivity contribution in [2.24, 2.45) is 0 Å². The summed E-state index contributed by atoms with van der Waals surface area (Å²) in [7, 11) is 0.194. The van der Waals surface area contributed by atoms with Crippen LogP contribution in [0.15, 0.2) is 36.4 Å². The van der Waals surface area contributed by atoms with Crippen LogP contribution in [-0.4, -0.2) is 43.9 Å². The van der Waals surface area contributed by atoms with Crippen molar-refractivity contribution in [1.29, 1.82) is 0 Å². The molecule has 1 unspecified atom stereocenters. The number of hydrogen-bond donors (Lipinski definition) is 0. The molecule has 0 amide bonds. The smallest absolute Gasteiger partial charge is 0.250 e. The third-order valence-electron chi connectivity index (χ3n) is 6.13. The molecule has 0 bridgehead atoms. The Morgan fingerprint density at radius 2 is 1.26 bits per heavy atom. The van der Waals surface area contributed by atoms with E-state index in [0.717, 1.165) is 6.42 Å². The number of ketones is 1. The quantitative estimate of drug-likeness (QED) is 0.281. The van der Waals surface area contributed by atoms with Gasteiger partial charge in [0.25, 0.3) is 0 Å². The van der Waals surface area contributed by atoms with Gasteiger partial charge in [-0.25, -0.2) is 0 Å². The zero-order chi connectivity index (χ0) is 24.7. The molecule has 0 spiro atoms. The summed E-state index contributed by atoms with van der Waals surface area (Å²) in [6, 6.07) is 10.1. The van der Waals surface area contributed by atoms with Gasteiger partial charge in [0.1, 0.15) is 39.3 Å². The van der Waals surface area contributed by atoms with E-state index in [0.29, 0.717) is 50.4 Å². The van der Waals surface area contributed by atoms with Gasteiger partial charge >= 0.3 is 0 Å². The molecule has 0 N–H and O–H groups in total. The standard InChI is InChI=1S/C26H32O7P/c1-5-32-20-14-11-15-21(33-6-2)22(20)24(27)26(16-8-7-9-17-26)34(29)25(28)23-18(30-3)12-10-13-19(23)31-4/h10-15H,5-9,16-17H2,1-4H3. The first-order valence-corrected chi connectivity index (χ1v) is 12.9. The highest BCUT2D eigenvalue weighted by Gasteiger charge is 2.51. The van der Waals surface area contributed by atoms with Gasteiger partial charge in [-0.15, -0.1) is 0 Å². The molecule has 0 heterocycles. The summed E-state index contributed by atoms with van der Waals surface area (Å²) in [5.74, 6) is 0.887. The summed E-state index contributed by atoms with van der Waals surface area (Å²) in [6.07, 6.45) is 3.00. The second-order valence-corrected chi connectivity index (χ2v) is 9.90. The highest BCUT2D eigenvalue weighted by molar-refractivity contribution is 7.67. The largest absolute Gasteiger partial charge is 0.496 e. The Bertz CT molecular complexity index is 1010. The van der Waals surface area contributed by atoms with Gasteiger partial charge in [-0.1, -0.05) is 31.4 Å². The van der Waals surface area contributed by atoms with Crippen LogP contribution in [0.2, 0.25) is 0 Å². The molecule has 0 aliphatic heterocycles. The number of ether oxygens (including phenoxy) is 4. The third-order valence-corrected chi connectivity index (χ3v) is 8.15. The van der Waals surface area contributed by atoms with Crippen molar-refractivity contribution in [3.05, 3.63) is 47.5 Å². The van der Waals surface area contributed by atoms with Gasteiger partial charge in [0, 0.05) is 0 Å². The average molecular weight is 488 g/mol. The van der Waals surface area contributed by atoms with Gasteiger partial charge in [-0.3, -0.25) is 14.2 Å². The minimum atomic E-state index is -2.68. The topological polar surface area (TPSA) is 88.1 Å². The number of hydrogen-bond acceptors (Lipinski definition) is 7. The lowest BCUT2D eigenvalue weighted by Gasteiger charge is -2.35. The number of carbonyl (C=O) groups is 2. The summed E-state index contributed by atoms with van der Waals surface area (Å²) >= 11 is 0. The van der Waals surface area contributed by atoms with E-state index in [1.807, 2.05) is 13.8 Å². The molecule has 3 rings (SSSR count). The molecule has 1 aliphatic carbocycles. The summed E-state index contributed by atoms with van der Waals surface area (Å²) in [4.78, 5) is 27.9. The van der Waals surface area contributed by atoms with Gasteiger partial charge in [-0.05, 0) is 51.0 Å². The number of Topliss-reactive ketones (excluding diaryl/α,β-unsaturated/α-hetero) is 1. The molecule has 1 atom stereocenters. The van der Waals surface area contributed by atoms with E-state index in [2.05, 4.69) is 0 Å². The number of benzene rings is 2. The molecule has 0 saturated heterocycles. The van der Waals surface area contributed by atoms with Crippen molar-refractivity contribution in [2.45, 2.75) is 51.1 Å². The molecule has 1 saturated carbocycles. The summed E-state index contributed by atoms with van der Waals surface area (Å²) in [5, 5.41) is -1.37. The van der Waals surface area contributed by atoms with Crippen molar-refractivity contribution < 1.29 is 33.1 Å². The number of rotatable bonds is 11. The highest BCUT2D eigenvalue weighted by Crippen LogP contribution is 2.55. The normalized spacial score (nSPS) is 15.2. The first kappa shape index (κ1) is 25.7. The van der Waals surface area contributed by atoms with Crippen molar-refractivity contribution in [3.8, 4) is 23.0 Å². The van der Waals surface area contributed by atoms with Crippen LogP contribution < -0.4 is 18.9 Å². The molecule has 0 aromatic heterocycles. The lowest BCUT2D eigenvalue weighted by atomic mass is 9.82. The Hall–Kier alpha value is -2.92. The molecular formula is C26H32O7P. The predicted molar refractivity (Wildman–Crippen MR) is 130 cm³/mol. The maximum Gasteiger partial charge on any atom is 0.250 e. The van der Waals surface area contributed by atoms with E-state index in [4.69, 9.17) is 18.9 Å². The molecular weight excluding hydrogens is 455 g/mol. The van der Waals surface area contributed by atoms with Crippen LogP contribution in [0.25, 0.3) is 0 Å². The molecule has 2 aromatic carbocycles. The minimum absolute atomic E-state index is 0.0921. The van der Waals surface area contributed by atoms with Crippen LogP contribution in [0.3, 0.4) is 0 Å². The zero-order valence-electron chi connectivity index (χ0n) is 20.2. The fourth-order valence-corrected chi connectivity index (χ4v) is 6.37. The van der Waals surface area contributed by atoms with Crippen molar-refractivity contribution >= 4 is 19.1 Å². The van der Waals surface area contributed by atoms with E-state index in [1.54, 1.807) is 36.4 Å². The zero-order valence-corrected chi connectivity index (χ0v) is 21.1. The van der Waals surface area contributed by atoms with E-state index >= 15 is 0 Å². The molecule has 7 nitrogen and oxygen atoms in total. The average Bonchev–Trinajstić information content (AvgIpc) is 2.87. The van der Waals surface area contributed by atoms with Crippen molar-refractivity contribution in [1.82, 2.24) is 0 Å². The van der Waals surface area contributed by atoms with Crippen LogP contribution in [0.1, 0.15) is 66.7 Å².